The van der Waals surface area contributed by atoms with E-state index >= 15 is 0 Å². The lowest BCUT2D eigenvalue weighted by Crippen LogP contribution is -2.34. The molecule has 1 fully saturated rings. The Kier molecular flexibility index (Phi) is 7.21. The van der Waals surface area contributed by atoms with E-state index in [2.05, 4.69) is 10.3 Å². The second kappa shape index (κ2) is 10.7. The van der Waals surface area contributed by atoms with Crippen LogP contribution in [0.5, 0.6) is 11.5 Å². The summed E-state index contributed by atoms with van der Waals surface area (Å²) in [5.41, 5.74) is 8.05. The maximum Gasteiger partial charge on any atom is 0.262 e. The number of primary amides is 1. The van der Waals surface area contributed by atoms with Gasteiger partial charge in [-0.2, -0.15) is 10.5 Å². The summed E-state index contributed by atoms with van der Waals surface area (Å²) in [4.78, 5) is 16.9. The van der Waals surface area contributed by atoms with E-state index < -0.39 is 12.0 Å². The van der Waals surface area contributed by atoms with Gasteiger partial charge >= 0.3 is 0 Å². The van der Waals surface area contributed by atoms with E-state index in [0.29, 0.717) is 32.6 Å². The monoisotopic (exact) mass is 546 g/mol. The summed E-state index contributed by atoms with van der Waals surface area (Å²) in [5.74, 6) is 0.274. The molecule has 2 aromatic heterocycles. The van der Waals surface area contributed by atoms with Gasteiger partial charge in [-0.25, -0.2) is 4.98 Å². The number of benzene rings is 2. The van der Waals surface area contributed by atoms with Crippen LogP contribution in [0.3, 0.4) is 0 Å². The molecule has 0 aliphatic carbocycles. The zero-order chi connectivity index (χ0) is 26.8. The van der Waals surface area contributed by atoms with Gasteiger partial charge in [0.05, 0.1) is 27.2 Å². The molecule has 3 heterocycles. The summed E-state index contributed by atoms with van der Waals surface area (Å²) in [6.07, 6.45) is 2.96. The van der Waals surface area contributed by atoms with Crippen LogP contribution in [0.2, 0.25) is 5.02 Å². The average molecular weight is 547 g/mol. The third-order valence-corrected chi connectivity index (χ3v) is 7.92. The van der Waals surface area contributed by atoms with Crippen molar-refractivity contribution in [3.05, 3.63) is 69.3 Å². The van der Waals surface area contributed by atoms with Crippen molar-refractivity contribution in [3.8, 4) is 28.6 Å². The highest BCUT2D eigenvalue weighted by molar-refractivity contribution is 7.16. The number of aromatic nitrogens is 2. The lowest BCUT2D eigenvalue weighted by atomic mass is 10.1. The number of hydrogen-bond donors (Lipinski definition) is 2. The van der Waals surface area contributed by atoms with Gasteiger partial charge in [-0.05, 0) is 51.1 Å². The summed E-state index contributed by atoms with van der Waals surface area (Å²) < 4.78 is 14.1. The predicted octanol–water partition coefficient (Wildman–Crippen LogP) is 4.85. The van der Waals surface area contributed by atoms with Crippen LogP contribution < -0.4 is 20.5 Å². The minimum atomic E-state index is -0.633. The number of nitrogens with two attached hydrogens (primary N) is 1. The minimum absolute atomic E-state index is 0.0944. The lowest BCUT2D eigenvalue weighted by Gasteiger charge is -2.25. The van der Waals surface area contributed by atoms with Crippen molar-refractivity contribution in [2.24, 2.45) is 5.73 Å². The number of nitriles is 2. The number of piperidine rings is 1. The van der Waals surface area contributed by atoms with Crippen molar-refractivity contribution in [2.45, 2.75) is 32.0 Å². The molecule has 1 saturated heterocycles. The molecule has 0 bridgehead atoms. The molecule has 3 N–H and O–H groups in total. The Hall–Kier alpha value is -4.09. The van der Waals surface area contributed by atoms with Crippen LogP contribution in [0.4, 0.5) is 0 Å². The first-order valence-electron chi connectivity index (χ1n) is 12.0. The second-order valence-electron chi connectivity index (χ2n) is 8.85. The fraction of sp³-hybridized carbons (Fsp3) is 0.259. The lowest BCUT2D eigenvalue weighted by molar-refractivity contribution is 0.0998. The quantitative estimate of drug-likeness (QED) is 0.337. The number of nitrogens with one attached hydrogen (secondary N) is 1. The van der Waals surface area contributed by atoms with Crippen LogP contribution in [0, 0.1) is 22.7 Å². The number of nitrogens with zero attached hydrogens (tertiary/aromatic N) is 4. The van der Waals surface area contributed by atoms with Gasteiger partial charge in [-0.1, -0.05) is 23.7 Å². The third-order valence-electron chi connectivity index (χ3n) is 6.39. The maximum absolute atomic E-state index is 12.3. The molecule has 0 radical (unpaired) electrons. The fourth-order valence-corrected chi connectivity index (χ4v) is 5.69. The van der Waals surface area contributed by atoms with Gasteiger partial charge in [-0.3, -0.25) is 9.36 Å². The molecule has 9 nitrogen and oxygen atoms in total. The number of hydrogen-bond acceptors (Lipinski definition) is 8. The molecular weight excluding hydrogens is 524 g/mol. The number of thiophene rings is 1. The van der Waals surface area contributed by atoms with Crippen LogP contribution in [0.25, 0.3) is 16.0 Å². The molecule has 38 heavy (non-hydrogen) atoms. The third kappa shape index (κ3) is 4.90. The zero-order valence-electron chi connectivity index (χ0n) is 20.4. The molecule has 1 atom stereocenters. The highest BCUT2D eigenvalue weighted by Gasteiger charge is 2.23. The number of ether oxygens (including phenoxy) is 2. The Morgan fingerprint density at radius 1 is 1.21 bits per heavy atom. The molecule has 5 rings (SSSR count). The van der Waals surface area contributed by atoms with Crippen LogP contribution in [0.15, 0.2) is 42.7 Å². The summed E-state index contributed by atoms with van der Waals surface area (Å²) in [6.45, 7) is 3.65. The van der Waals surface area contributed by atoms with E-state index in [1.54, 1.807) is 29.1 Å². The zero-order valence-corrected chi connectivity index (χ0v) is 22.0. The van der Waals surface area contributed by atoms with E-state index in [9.17, 15) is 15.3 Å². The van der Waals surface area contributed by atoms with E-state index in [1.165, 1.54) is 0 Å². The van der Waals surface area contributed by atoms with Crippen LogP contribution in [-0.4, -0.2) is 34.7 Å². The second-order valence-corrected chi connectivity index (χ2v) is 10.3. The number of fused-ring (bicyclic) bond motifs is 1. The Morgan fingerprint density at radius 3 is 2.66 bits per heavy atom. The fourth-order valence-electron chi connectivity index (χ4n) is 4.44. The van der Waals surface area contributed by atoms with Gasteiger partial charge in [-0.15, -0.1) is 11.3 Å². The van der Waals surface area contributed by atoms with Crippen molar-refractivity contribution >= 4 is 39.9 Å². The molecule has 4 aromatic rings. The minimum Gasteiger partial charge on any atom is -0.489 e. The van der Waals surface area contributed by atoms with Gasteiger partial charge in [0.2, 0.25) is 0 Å². The number of rotatable bonds is 7. The Morgan fingerprint density at radius 2 is 1.95 bits per heavy atom. The number of carbonyl (C=O) groups is 1. The first-order valence-corrected chi connectivity index (χ1v) is 13.2. The van der Waals surface area contributed by atoms with E-state index in [4.69, 9.17) is 26.8 Å². The van der Waals surface area contributed by atoms with Crippen molar-refractivity contribution < 1.29 is 14.3 Å². The number of amides is 1. The number of carbonyl (C=O) groups excluding carboxylic acids is 1. The summed E-state index contributed by atoms with van der Waals surface area (Å²) in [5, 5.41) is 23.1. The molecule has 1 aliphatic rings. The normalized spacial score (nSPS) is 14.5. The molecule has 11 heteroatoms. The summed E-state index contributed by atoms with van der Waals surface area (Å²) >= 11 is 7.87. The average Bonchev–Trinajstić information content (AvgIpc) is 3.53. The highest BCUT2D eigenvalue weighted by Crippen LogP contribution is 2.39. The number of halogens is 1. The maximum atomic E-state index is 12.3. The van der Waals surface area contributed by atoms with Crippen LogP contribution in [0.1, 0.15) is 52.2 Å². The van der Waals surface area contributed by atoms with Gasteiger partial charge in [0.15, 0.2) is 0 Å². The molecule has 192 valence electrons. The largest absolute Gasteiger partial charge is 0.489 e. The topological polar surface area (TPSA) is 139 Å². The Labute approximate surface area is 228 Å². The molecule has 0 saturated carbocycles. The van der Waals surface area contributed by atoms with E-state index in [-0.39, 0.29) is 22.1 Å². The number of imidazole rings is 1. The van der Waals surface area contributed by atoms with Gasteiger partial charge in [0.25, 0.3) is 5.91 Å². The SMILES string of the molecule is C[C@@H](Oc1cc(-n2cnc3cc(C#N)c(C#N)cc32)sc1C(N)=O)c1cccc(OC2CCNCC2)c1Cl. The van der Waals surface area contributed by atoms with Gasteiger partial charge in [0, 0.05) is 11.6 Å². The van der Waals surface area contributed by atoms with Crippen molar-refractivity contribution in [2.75, 3.05) is 13.1 Å². The Bertz CT molecular complexity index is 1610. The summed E-state index contributed by atoms with van der Waals surface area (Å²) in [6, 6.07) is 14.5. The van der Waals surface area contributed by atoms with Gasteiger partial charge in [0.1, 0.15) is 52.1 Å². The van der Waals surface area contributed by atoms with Crippen molar-refractivity contribution in [1.29, 1.82) is 10.5 Å². The van der Waals surface area contributed by atoms with E-state index in [0.717, 1.165) is 42.8 Å². The molecule has 2 aromatic carbocycles. The highest BCUT2D eigenvalue weighted by atomic mass is 35.5. The molecule has 0 unspecified atom stereocenters. The molecule has 1 amide bonds. The first-order chi connectivity index (χ1) is 18.4. The first kappa shape index (κ1) is 25.6. The summed E-state index contributed by atoms with van der Waals surface area (Å²) in [7, 11) is 0. The van der Waals surface area contributed by atoms with E-state index in [1.807, 2.05) is 37.3 Å². The van der Waals surface area contributed by atoms with Crippen LogP contribution in [-0.2, 0) is 0 Å². The Balaban J connectivity index is 1.45. The smallest absolute Gasteiger partial charge is 0.262 e. The molecule has 0 spiro atoms. The molecular formula is C27H23ClN6O3S. The van der Waals surface area contributed by atoms with Crippen LogP contribution >= 0.6 is 22.9 Å². The standard InChI is InChI=1S/C27H23ClN6O3S/c1-15(19-3-2-4-22(25(19)28)37-18-5-7-32-8-6-18)36-23-11-24(38-26(23)27(31)35)34-14-33-20-9-16(12-29)17(13-30)10-21(20)34/h2-4,9-11,14-15,18,32H,5-8H2,1H3,(H2,31,35)/t15-/m1/s1. The van der Waals surface area contributed by atoms with Crippen molar-refractivity contribution in [3.63, 3.8) is 0 Å². The predicted molar refractivity (Wildman–Crippen MR) is 144 cm³/mol. The van der Waals surface area contributed by atoms with Crippen molar-refractivity contribution in [1.82, 2.24) is 14.9 Å². The molecule has 1 aliphatic heterocycles. The van der Waals surface area contributed by atoms with Gasteiger partial charge < -0.3 is 20.5 Å².